The minimum absolute atomic E-state index is 0.0984. The van der Waals surface area contributed by atoms with Gasteiger partial charge in [0.25, 0.3) is 0 Å². The number of amides is 1. The number of nitrogens with one attached hydrogen (secondary N) is 1. The van der Waals surface area contributed by atoms with Crippen molar-refractivity contribution in [2.24, 2.45) is 5.92 Å². The Morgan fingerprint density at radius 2 is 2.19 bits per heavy atom. The van der Waals surface area contributed by atoms with Crippen molar-refractivity contribution in [3.63, 3.8) is 0 Å². The van der Waals surface area contributed by atoms with Gasteiger partial charge in [-0.1, -0.05) is 6.07 Å². The van der Waals surface area contributed by atoms with Crippen molar-refractivity contribution in [1.29, 1.82) is 0 Å². The Labute approximate surface area is 153 Å². The molecular weight excluding hydrogens is 350 g/mol. The summed E-state index contributed by atoms with van der Waals surface area (Å²) in [6, 6.07) is 7.43. The number of carbonyl (C=O) groups is 2. The molecule has 2 aromatic heterocycles. The van der Waals surface area contributed by atoms with Crippen molar-refractivity contribution < 1.29 is 14.7 Å². The topological polar surface area (TPSA) is 84.2 Å². The third kappa shape index (κ3) is 3.52. The predicted molar refractivity (Wildman–Crippen MR) is 101 cm³/mol. The van der Waals surface area contributed by atoms with Crippen molar-refractivity contribution in [2.45, 2.75) is 19.4 Å². The largest absolute Gasteiger partial charge is 0.478 e. The zero-order valence-corrected chi connectivity index (χ0v) is 14.7. The average Bonchev–Trinajstić information content (AvgIpc) is 3.16. The highest BCUT2D eigenvalue weighted by Gasteiger charge is 2.22. The van der Waals surface area contributed by atoms with Gasteiger partial charge in [0, 0.05) is 18.0 Å². The van der Waals surface area contributed by atoms with Crippen molar-refractivity contribution in [1.82, 2.24) is 9.78 Å². The van der Waals surface area contributed by atoms with Crippen LogP contribution >= 0.6 is 11.3 Å². The average molecular weight is 367 g/mol. The van der Waals surface area contributed by atoms with Gasteiger partial charge in [-0.3, -0.25) is 9.48 Å². The van der Waals surface area contributed by atoms with Gasteiger partial charge < -0.3 is 10.4 Å². The Morgan fingerprint density at radius 3 is 2.96 bits per heavy atom. The number of carboxylic acid groups (broad SMARTS) is 1. The zero-order chi connectivity index (χ0) is 18.1. The molecule has 0 unspecified atom stereocenters. The number of anilines is 1. The minimum Gasteiger partial charge on any atom is -0.478 e. The number of carboxylic acids is 1. The molecule has 0 atom stereocenters. The summed E-state index contributed by atoms with van der Waals surface area (Å²) >= 11 is 1.18. The van der Waals surface area contributed by atoms with E-state index in [4.69, 9.17) is 5.11 Å². The lowest BCUT2D eigenvalue weighted by Gasteiger charge is -2.02. The van der Waals surface area contributed by atoms with E-state index in [2.05, 4.69) is 10.4 Å². The van der Waals surface area contributed by atoms with Crippen LogP contribution < -0.4 is 5.32 Å². The minimum atomic E-state index is -1.06. The van der Waals surface area contributed by atoms with Gasteiger partial charge in [0.15, 0.2) is 0 Å². The normalized spacial score (nSPS) is 14.2. The molecule has 0 aliphatic heterocycles. The lowest BCUT2D eigenvalue weighted by molar-refractivity contribution is -0.111. The van der Waals surface area contributed by atoms with Crippen LogP contribution in [-0.2, 0) is 11.3 Å². The molecule has 1 amide bonds. The number of nitrogens with zero attached hydrogens (tertiary/aromatic N) is 2. The second-order valence-corrected chi connectivity index (χ2v) is 7.30. The summed E-state index contributed by atoms with van der Waals surface area (Å²) < 4.78 is 2.04. The molecule has 1 aromatic carbocycles. The molecule has 2 N–H and O–H groups in total. The molecule has 0 saturated heterocycles. The predicted octanol–water partition coefficient (Wildman–Crippen LogP) is 3.86. The van der Waals surface area contributed by atoms with Gasteiger partial charge >= 0.3 is 5.97 Å². The van der Waals surface area contributed by atoms with E-state index in [1.807, 2.05) is 29.1 Å². The molecule has 3 aromatic rings. The number of aromatic carboxylic acids is 1. The molecule has 1 aliphatic carbocycles. The van der Waals surface area contributed by atoms with Gasteiger partial charge in [-0.05, 0) is 54.0 Å². The highest BCUT2D eigenvalue weighted by atomic mass is 32.1. The fourth-order valence-electron chi connectivity index (χ4n) is 2.80. The van der Waals surface area contributed by atoms with Gasteiger partial charge in [0.2, 0.25) is 5.91 Å². The van der Waals surface area contributed by atoms with E-state index in [1.54, 1.807) is 11.5 Å². The Kier molecular flexibility index (Phi) is 4.30. The van der Waals surface area contributed by atoms with E-state index < -0.39 is 5.97 Å². The van der Waals surface area contributed by atoms with E-state index >= 15 is 0 Å². The molecule has 2 heterocycles. The maximum Gasteiger partial charge on any atom is 0.338 e. The number of rotatable bonds is 6. The smallest absolute Gasteiger partial charge is 0.338 e. The number of carbonyl (C=O) groups excluding carboxylic acids is 1. The molecule has 1 aliphatic rings. The second kappa shape index (κ2) is 6.76. The number of hydrogen-bond donors (Lipinski definition) is 2. The van der Waals surface area contributed by atoms with Gasteiger partial charge in [0.05, 0.1) is 17.3 Å². The quantitative estimate of drug-likeness (QED) is 0.648. The van der Waals surface area contributed by atoms with Crippen LogP contribution in [0.15, 0.2) is 41.9 Å². The molecule has 6 nitrogen and oxygen atoms in total. The van der Waals surface area contributed by atoms with Crippen LogP contribution in [0.1, 0.15) is 28.8 Å². The van der Waals surface area contributed by atoms with Crippen LogP contribution in [0.4, 0.5) is 5.00 Å². The van der Waals surface area contributed by atoms with Gasteiger partial charge in [-0.2, -0.15) is 5.10 Å². The van der Waals surface area contributed by atoms with Gasteiger partial charge in [-0.25, -0.2) is 4.79 Å². The number of aromatic nitrogens is 2. The van der Waals surface area contributed by atoms with Crippen molar-refractivity contribution in [3.8, 4) is 0 Å². The third-order valence-electron chi connectivity index (χ3n) is 4.35. The Morgan fingerprint density at radius 1 is 1.35 bits per heavy atom. The lowest BCUT2D eigenvalue weighted by Crippen LogP contribution is -2.09. The molecule has 1 saturated carbocycles. The molecule has 0 radical (unpaired) electrons. The first-order valence-corrected chi connectivity index (χ1v) is 9.23. The summed E-state index contributed by atoms with van der Waals surface area (Å²) in [6.07, 6.45) is 7.53. The maximum atomic E-state index is 12.1. The molecule has 0 spiro atoms. The van der Waals surface area contributed by atoms with Crippen LogP contribution in [0, 0.1) is 5.92 Å². The van der Waals surface area contributed by atoms with Crippen molar-refractivity contribution >= 4 is 45.2 Å². The summed E-state index contributed by atoms with van der Waals surface area (Å²) in [5.41, 5.74) is 2.09. The standard InChI is InChI=1S/C19H17N3O3S/c23-17(21-18-15(19(24)25)7-8-26-18)6-4-12-3-5-16-14(9-12)10-20-22(16)11-13-1-2-13/h3-10,13H,1-2,11H2,(H,21,23)(H,24,25)/b6-4+. The third-order valence-corrected chi connectivity index (χ3v) is 5.18. The number of hydrogen-bond acceptors (Lipinski definition) is 4. The summed E-state index contributed by atoms with van der Waals surface area (Å²) in [6.45, 7) is 0.966. The zero-order valence-electron chi connectivity index (χ0n) is 13.9. The SMILES string of the molecule is O=C(/C=C/c1ccc2c(cnn2CC2CC2)c1)Nc1sccc1C(=O)O. The molecule has 7 heteroatoms. The van der Waals surface area contributed by atoms with Gasteiger partial charge in [0.1, 0.15) is 5.00 Å². The Hall–Kier alpha value is -2.93. The van der Waals surface area contributed by atoms with E-state index in [9.17, 15) is 9.59 Å². The summed E-state index contributed by atoms with van der Waals surface area (Å²) in [4.78, 5) is 23.1. The fraction of sp³-hybridized carbons (Fsp3) is 0.211. The molecule has 0 bridgehead atoms. The Bertz CT molecular complexity index is 1010. The molecule has 26 heavy (non-hydrogen) atoms. The monoisotopic (exact) mass is 367 g/mol. The van der Waals surface area contributed by atoms with E-state index in [0.717, 1.165) is 28.9 Å². The summed E-state index contributed by atoms with van der Waals surface area (Å²) in [5.74, 6) is -0.659. The van der Waals surface area contributed by atoms with Gasteiger partial charge in [-0.15, -0.1) is 11.3 Å². The van der Waals surface area contributed by atoms with Crippen LogP contribution in [0.2, 0.25) is 0 Å². The molecular formula is C19H17N3O3S. The highest BCUT2D eigenvalue weighted by molar-refractivity contribution is 7.14. The summed E-state index contributed by atoms with van der Waals surface area (Å²) in [7, 11) is 0. The summed E-state index contributed by atoms with van der Waals surface area (Å²) in [5, 5.41) is 19.1. The first-order chi connectivity index (χ1) is 12.6. The van der Waals surface area contributed by atoms with Crippen LogP contribution in [-0.4, -0.2) is 26.8 Å². The van der Waals surface area contributed by atoms with E-state index in [0.29, 0.717) is 5.00 Å². The van der Waals surface area contributed by atoms with Crippen molar-refractivity contribution in [2.75, 3.05) is 5.32 Å². The lowest BCUT2D eigenvalue weighted by atomic mass is 10.1. The molecule has 1 fully saturated rings. The number of benzene rings is 1. The van der Waals surface area contributed by atoms with Crippen molar-refractivity contribution in [3.05, 3.63) is 53.0 Å². The number of fused-ring (bicyclic) bond motifs is 1. The highest BCUT2D eigenvalue weighted by Crippen LogP contribution is 2.31. The second-order valence-electron chi connectivity index (χ2n) is 6.38. The first-order valence-electron chi connectivity index (χ1n) is 8.35. The maximum absolute atomic E-state index is 12.1. The van der Waals surface area contributed by atoms with E-state index in [-0.39, 0.29) is 11.5 Å². The molecule has 132 valence electrons. The fourth-order valence-corrected chi connectivity index (χ4v) is 3.58. The number of thiophene rings is 1. The van der Waals surface area contributed by atoms with Crippen LogP contribution in [0.5, 0.6) is 0 Å². The first kappa shape index (κ1) is 16.5. The van der Waals surface area contributed by atoms with Crippen LogP contribution in [0.25, 0.3) is 17.0 Å². The molecule has 4 rings (SSSR count). The van der Waals surface area contributed by atoms with E-state index in [1.165, 1.54) is 36.3 Å². The van der Waals surface area contributed by atoms with Crippen LogP contribution in [0.3, 0.4) is 0 Å². The Balaban J connectivity index is 1.46.